The van der Waals surface area contributed by atoms with Crippen LogP contribution < -0.4 is 21.3 Å². The van der Waals surface area contributed by atoms with Crippen molar-refractivity contribution in [2.24, 2.45) is 5.92 Å². The van der Waals surface area contributed by atoms with Gasteiger partial charge in [0.2, 0.25) is 29.5 Å². The molecule has 14 heteroatoms. The molecule has 2 aromatic carbocycles. The Balaban J connectivity index is 1.35. The van der Waals surface area contributed by atoms with Crippen molar-refractivity contribution < 1.29 is 24.0 Å². The summed E-state index contributed by atoms with van der Waals surface area (Å²) in [5.41, 5.74) is 3.35. The highest BCUT2D eigenvalue weighted by Gasteiger charge is 2.31. The summed E-state index contributed by atoms with van der Waals surface area (Å²) in [6.07, 6.45) is 1.53. The van der Waals surface area contributed by atoms with Gasteiger partial charge in [-0.2, -0.15) is 5.10 Å². The van der Waals surface area contributed by atoms with Crippen molar-refractivity contribution in [3.63, 3.8) is 0 Å². The third kappa shape index (κ3) is 10.5. The van der Waals surface area contributed by atoms with Crippen LogP contribution in [0.2, 0.25) is 0 Å². The molecule has 0 saturated carbocycles. The first-order valence-electron chi connectivity index (χ1n) is 18.2. The van der Waals surface area contributed by atoms with Crippen molar-refractivity contribution in [3.05, 3.63) is 82.9 Å². The molecule has 1 aromatic heterocycles. The van der Waals surface area contributed by atoms with Crippen LogP contribution in [0.25, 0.3) is 0 Å². The Morgan fingerprint density at radius 3 is 2.33 bits per heavy atom. The van der Waals surface area contributed by atoms with E-state index in [2.05, 4.69) is 48.4 Å². The van der Waals surface area contributed by atoms with Gasteiger partial charge in [0.1, 0.15) is 24.5 Å². The molecule has 3 heterocycles. The Kier molecular flexibility index (Phi) is 13.1. The van der Waals surface area contributed by atoms with E-state index in [1.165, 1.54) is 15.8 Å². The average molecular weight is 714 g/mol. The molecule has 2 aliphatic rings. The van der Waals surface area contributed by atoms with Gasteiger partial charge in [-0.25, -0.2) is 9.67 Å². The van der Waals surface area contributed by atoms with Crippen molar-refractivity contribution in [2.75, 3.05) is 32.7 Å². The highest BCUT2D eigenvalue weighted by Crippen LogP contribution is 2.22. The summed E-state index contributed by atoms with van der Waals surface area (Å²) in [5, 5.41) is 16.0. The Bertz CT molecular complexity index is 1730. The van der Waals surface area contributed by atoms with E-state index < -0.39 is 29.9 Å². The molecular formula is C38H51N9O5. The van der Waals surface area contributed by atoms with E-state index in [1.807, 2.05) is 56.3 Å². The molecule has 278 valence electrons. The molecule has 0 aliphatic carbocycles. The van der Waals surface area contributed by atoms with E-state index in [4.69, 9.17) is 0 Å². The molecule has 0 bridgehead atoms. The SMILES string of the molecule is Cc1nc2n(n1)CC(=O)NCCN(C(=O)CN1CCc3ccccc3C1)CCCC(=O)N[C@@H](C)C(=O)N[C@H](Cc1ccccc1)C(=O)N[C@H]2C(C)C. The third-order valence-electron chi connectivity index (χ3n) is 9.49. The predicted molar refractivity (Wildman–Crippen MR) is 194 cm³/mol. The van der Waals surface area contributed by atoms with Gasteiger partial charge in [-0.15, -0.1) is 0 Å². The summed E-state index contributed by atoms with van der Waals surface area (Å²) in [5.74, 6) is -0.979. The highest BCUT2D eigenvalue weighted by molar-refractivity contribution is 5.92. The van der Waals surface area contributed by atoms with Gasteiger partial charge < -0.3 is 26.2 Å². The van der Waals surface area contributed by atoms with Gasteiger partial charge in [-0.3, -0.25) is 28.9 Å². The number of amides is 5. The molecule has 0 spiro atoms. The number of carbonyl (C=O) groups excluding carboxylic acids is 5. The van der Waals surface area contributed by atoms with Crippen LogP contribution in [0.4, 0.5) is 0 Å². The summed E-state index contributed by atoms with van der Waals surface area (Å²) in [4.78, 5) is 75.6. The Hall–Kier alpha value is -5.11. The second kappa shape index (κ2) is 17.9. The van der Waals surface area contributed by atoms with Crippen molar-refractivity contribution in [3.8, 4) is 0 Å². The molecule has 0 saturated heterocycles. The van der Waals surface area contributed by atoms with E-state index in [-0.39, 0.29) is 62.7 Å². The molecule has 0 fully saturated rings. The third-order valence-corrected chi connectivity index (χ3v) is 9.49. The van der Waals surface area contributed by atoms with Gasteiger partial charge >= 0.3 is 0 Å². The smallest absolute Gasteiger partial charge is 0.243 e. The highest BCUT2D eigenvalue weighted by atomic mass is 16.2. The zero-order chi connectivity index (χ0) is 37.2. The average Bonchev–Trinajstić information content (AvgIpc) is 3.47. The second-order valence-electron chi connectivity index (χ2n) is 14.0. The van der Waals surface area contributed by atoms with Crippen LogP contribution in [-0.2, 0) is 49.9 Å². The number of hydrogen-bond acceptors (Lipinski definition) is 8. The molecule has 14 nitrogen and oxygen atoms in total. The minimum absolute atomic E-state index is 0.0851. The fourth-order valence-corrected chi connectivity index (χ4v) is 6.63. The molecule has 0 unspecified atom stereocenters. The van der Waals surface area contributed by atoms with Crippen LogP contribution >= 0.6 is 0 Å². The Morgan fingerprint density at radius 2 is 1.58 bits per heavy atom. The lowest BCUT2D eigenvalue weighted by Crippen LogP contribution is -2.54. The van der Waals surface area contributed by atoms with Gasteiger partial charge in [0.25, 0.3) is 0 Å². The van der Waals surface area contributed by atoms with Crippen LogP contribution in [0.3, 0.4) is 0 Å². The lowest BCUT2D eigenvalue weighted by atomic mass is 10.00. The van der Waals surface area contributed by atoms with E-state index in [0.29, 0.717) is 31.2 Å². The van der Waals surface area contributed by atoms with Crippen LogP contribution in [0.5, 0.6) is 0 Å². The second-order valence-corrected chi connectivity index (χ2v) is 14.0. The number of rotatable bonds is 5. The molecule has 2 aliphatic heterocycles. The maximum Gasteiger partial charge on any atom is 0.243 e. The van der Waals surface area contributed by atoms with E-state index in [0.717, 1.165) is 18.5 Å². The number of hydrogen-bond donors (Lipinski definition) is 4. The van der Waals surface area contributed by atoms with E-state index in [1.54, 1.807) is 18.7 Å². The normalized spacial score (nSPS) is 21.6. The molecule has 3 aromatic rings. The minimum atomic E-state index is -0.963. The maximum absolute atomic E-state index is 13.9. The summed E-state index contributed by atoms with van der Waals surface area (Å²) >= 11 is 0. The van der Waals surface area contributed by atoms with Crippen molar-refractivity contribution >= 4 is 29.5 Å². The molecule has 0 radical (unpaired) electrons. The van der Waals surface area contributed by atoms with Gasteiger partial charge in [0, 0.05) is 45.6 Å². The summed E-state index contributed by atoms with van der Waals surface area (Å²) in [7, 11) is 0. The first-order chi connectivity index (χ1) is 25.0. The topological polar surface area (TPSA) is 171 Å². The van der Waals surface area contributed by atoms with Crippen LogP contribution in [0.15, 0.2) is 54.6 Å². The molecule has 5 rings (SSSR count). The lowest BCUT2D eigenvalue weighted by Gasteiger charge is -2.31. The number of nitrogens with one attached hydrogen (secondary N) is 4. The largest absolute Gasteiger partial charge is 0.353 e. The fourth-order valence-electron chi connectivity index (χ4n) is 6.63. The fraction of sp³-hybridized carbons (Fsp3) is 0.500. The predicted octanol–water partition coefficient (Wildman–Crippen LogP) is 1.43. The number of nitrogens with zero attached hydrogens (tertiary/aromatic N) is 5. The maximum atomic E-state index is 13.9. The first-order valence-corrected chi connectivity index (χ1v) is 18.2. The minimum Gasteiger partial charge on any atom is -0.353 e. The molecule has 4 N–H and O–H groups in total. The standard InChI is InChI=1S/C38H51N9O5/c1-25(2)35-36-41-27(4)44-47(36)23-33(49)39-17-20-46(34(50)24-45-19-16-29-13-8-9-14-30(29)22-45)18-10-15-32(48)40-26(3)37(51)42-31(38(52)43-35)21-28-11-6-5-7-12-28/h5-9,11-14,25-26,31,35H,10,15-24H2,1-4H3,(H,39,49)(H,40,48)(H,42,51)(H,43,52)/t26-,31+,35-/m0/s1. The zero-order valence-corrected chi connectivity index (χ0v) is 30.6. The zero-order valence-electron chi connectivity index (χ0n) is 30.6. The molecule has 5 amide bonds. The Morgan fingerprint density at radius 1 is 0.846 bits per heavy atom. The quantitative estimate of drug-likeness (QED) is 0.308. The van der Waals surface area contributed by atoms with Gasteiger partial charge in [0.15, 0.2) is 5.82 Å². The van der Waals surface area contributed by atoms with Gasteiger partial charge in [0.05, 0.1) is 12.6 Å². The van der Waals surface area contributed by atoms with E-state index >= 15 is 0 Å². The van der Waals surface area contributed by atoms with E-state index in [9.17, 15) is 24.0 Å². The van der Waals surface area contributed by atoms with Crippen LogP contribution in [0.1, 0.15) is 68.0 Å². The lowest BCUT2D eigenvalue weighted by molar-refractivity contribution is -0.134. The van der Waals surface area contributed by atoms with Crippen molar-refractivity contribution in [1.29, 1.82) is 0 Å². The molecule has 52 heavy (non-hydrogen) atoms. The first kappa shape index (κ1) is 38.1. The number of aromatic nitrogens is 3. The monoisotopic (exact) mass is 713 g/mol. The van der Waals surface area contributed by atoms with Gasteiger partial charge in [-0.05, 0) is 49.3 Å². The summed E-state index contributed by atoms with van der Waals surface area (Å²) < 4.78 is 1.49. The Labute approximate surface area is 305 Å². The number of carbonyl (C=O) groups is 5. The number of aryl methyl sites for hydroxylation is 1. The summed E-state index contributed by atoms with van der Waals surface area (Å²) in [6, 6.07) is 15.1. The number of benzene rings is 2. The number of fused-ring (bicyclic) bond motifs is 2. The van der Waals surface area contributed by atoms with Crippen LogP contribution in [-0.4, -0.2) is 98.9 Å². The van der Waals surface area contributed by atoms with Crippen molar-refractivity contribution in [2.45, 2.75) is 84.6 Å². The van der Waals surface area contributed by atoms with Gasteiger partial charge in [-0.1, -0.05) is 68.4 Å². The van der Waals surface area contributed by atoms with Crippen LogP contribution in [0, 0.1) is 12.8 Å². The molecular weight excluding hydrogens is 662 g/mol. The summed E-state index contributed by atoms with van der Waals surface area (Å²) in [6.45, 7) is 9.43. The van der Waals surface area contributed by atoms with Crippen molar-refractivity contribution in [1.82, 2.24) is 45.8 Å². The molecule has 3 atom stereocenters.